The number of benzene rings is 1. The lowest BCUT2D eigenvalue weighted by molar-refractivity contribution is 0.537. The van der Waals surface area contributed by atoms with Crippen LogP contribution in [-0.4, -0.2) is 13.6 Å². The van der Waals surface area contributed by atoms with Crippen LogP contribution in [0.3, 0.4) is 0 Å². The van der Waals surface area contributed by atoms with Crippen LogP contribution < -0.4 is 5.32 Å². The maximum absolute atomic E-state index is 13.5. The number of halogens is 2. The molecule has 2 atom stereocenters. The van der Waals surface area contributed by atoms with Crippen LogP contribution in [0.1, 0.15) is 18.9 Å². The zero-order valence-corrected chi connectivity index (χ0v) is 8.98. The largest absolute Gasteiger partial charge is 0.319 e. The van der Waals surface area contributed by atoms with Crippen molar-refractivity contribution in [1.29, 1.82) is 0 Å². The molecule has 0 saturated heterocycles. The van der Waals surface area contributed by atoms with E-state index in [2.05, 4.69) is 5.32 Å². The zero-order chi connectivity index (χ0) is 11.1. The molecule has 82 valence electrons. The Balaban J connectivity index is 2.24. The van der Waals surface area contributed by atoms with E-state index in [0.717, 1.165) is 19.0 Å². The fraction of sp³-hybridized carbons (Fsp3) is 0.500. The third kappa shape index (κ3) is 1.76. The SMILES string of the molecule is CNCC1CC1(C)c1ccc(F)cc1F. The second-order valence-corrected chi connectivity index (χ2v) is 4.50. The van der Waals surface area contributed by atoms with Gasteiger partial charge in [0.25, 0.3) is 0 Å². The summed E-state index contributed by atoms with van der Waals surface area (Å²) in [5.74, 6) is -0.468. The van der Waals surface area contributed by atoms with Crippen LogP contribution in [0.2, 0.25) is 0 Å². The van der Waals surface area contributed by atoms with Crippen molar-refractivity contribution >= 4 is 0 Å². The second kappa shape index (κ2) is 3.56. The monoisotopic (exact) mass is 211 g/mol. The molecule has 0 bridgehead atoms. The van der Waals surface area contributed by atoms with Gasteiger partial charge in [-0.1, -0.05) is 13.0 Å². The van der Waals surface area contributed by atoms with Gasteiger partial charge in [0.1, 0.15) is 11.6 Å². The van der Waals surface area contributed by atoms with E-state index in [9.17, 15) is 8.78 Å². The van der Waals surface area contributed by atoms with Gasteiger partial charge in [0.15, 0.2) is 0 Å². The highest BCUT2D eigenvalue weighted by atomic mass is 19.1. The van der Waals surface area contributed by atoms with E-state index in [1.807, 2.05) is 14.0 Å². The molecule has 1 aliphatic carbocycles. The van der Waals surface area contributed by atoms with E-state index in [-0.39, 0.29) is 5.41 Å². The molecule has 0 radical (unpaired) electrons. The summed E-state index contributed by atoms with van der Waals surface area (Å²) in [5, 5.41) is 3.09. The smallest absolute Gasteiger partial charge is 0.129 e. The summed E-state index contributed by atoms with van der Waals surface area (Å²) in [7, 11) is 1.89. The Hall–Kier alpha value is -0.960. The van der Waals surface area contributed by atoms with Gasteiger partial charge in [-0.3, -0.25) is 0 Å². The zero-order valence-electron chi connectivity index (χ0n) is 8.98. The predicted octanol–water partition coefficient (Wildman–Crippen LogP) is 2.46. The quantitative estimate of drug-likeness (QED) is 0.809. The lowest BCUT2D eigenvalue weighted by Crippen LogP contribution is -2.16. The average Bonchev–Trinajstić information content (AvgIpc) is 2.78. The normalized spacial score (nSPS) is 29.2. The van der Waals surface area contributed by atoms with E-state index in [1.165, 1.54) is 6.07 Å². The van der Waals surface area contributed by atoms with Crippen molar-refractivity contribution < 1.29 is 8.78 Å². The number of nitrogens with one attached hydrogen (secondary N) is 1. The summed E-state index contributed by atoms with van der Waals surface area (Å²) < 4.78 is 26.3. The highest BCUT2D eigenvalue weighted by Crippen LogP contribution is 2.54. The third-order valence-corrected chi connectivity index (χ3v) is 3.41. The fourth-order valence-electron chi connectivity index (χ4n) is 2.28. The molecule has 1 aromatic rings. The van der Waals surface area contributed by atoms with Crippen LogP contribution in [0, 0.1) is 17.6 Å². The third-order valence-electron chi connectivity index (χ3n) is 3.41. The van der Waals surface area contributed by atoms with Crippen molar-refractivity contribution in [2.24, 2.45) is 5.92 Å². The van der Waals surface area contributed by atoms with Gasteiger partial charge in [-0.2, -0.15) is 0 Å². The van der Waals surface area contributed by atoms with Crippen LogP contribution in [0.15, 0.2) is 18.2 Å². The highest BCUT2D eigenvalue weighted by Gasteiger charge is 2.51. The molecule has 1 aromatic carbocycles. The van der Waals surface area contributed by atoms with Crippen LogP contribution >= 0.6 is 0 Å². The molecule has 1 nitrogen and oxygen atoms in total. The Morgan fingerprint density at radius 1 is 1.47 bits per heavy atom. The Morgan fingerprint density at radius 3 is 2.80 bits per heavy atom. The van der Waals surface area contributed by atoms with Crippen molar-refractivity contribution in [2.75, 3.05) is 13.6 Å². The van der Waals surface area contributed by atoms with E-state index in [0.29, 0.717) is 11.5 Å². The van der Waals surface area contributed by atoms with Crippen molar-refractivity contribution in [3.8, 4) is 0 Å². The van der Waals surface area contributed by atoms with E-state index in [1.54, 1.807) is 6.07 Å². The molecule has 0 spiro atoms. The number of rotatable bonds is 3. The van der Waals surface area contributed by atoms with Gasteiger partial charge in [-0.25, -0.2) is 8.78 Å². The first-order valence-electron chi connectivity index (χ1n) is 5.18. The maximum Gasteiger partial charge on any atom is 0.129 e. The summed E-state index contributed by atoms with van der Waals surface area (Å²) in [5.41, 5.74) is 0.532. The molecule has 1 N–H and O–H groups in total. The first kappa shape index (κ1) is 10.6. The van der Waals surface area contributed by atoms with Crippen LogP contribution in [0.4, 0.5) is 8.78 Å². The highest BCUT2D eigenvalue weighted by molar-refractivity contribution is 5.34. The van der Waals surface area contributed by atoms with Gasteiger partial charge < -0.3 is 5.32 Å². The molecule has 2 rings (SSSR count). The average molecular weight is 211 g/mol. The Morgan fingerprint density at radius 2 is 2.20 bits per heavy atom. The lowest BCUT2D eigenvalue weighted by atomic mass is 9.95. The Labute approximate surface area is 88.5 Å². The van der Waals surface area contributed by atoms with Gasteiger partial charge in [0.05, 0.1) is 0 Å². The summed E-state index contributed by atoms with van der Waals surface area (Å²) in [6.07, 6.45) is 0.969. The van der Waals surface area contributed by atoms with Crippen LogP contribution in [0.25, 0.3) is 0 Å². The van der Waals surface area contributed by atoms with Crippen molar-refractivity contribution in [3.63, 3.8) is 0 Å². The molecule has 0 aromatic heterocycles. The van der Waals surface area contributed by atoms with Crippen molar-refractivity contribution in [1.82, 2.24) is 5.32 Å². The molecule has 1 fully saturated rings. The Bertz CT molecular complexity index is 378. The first-order valence-corrected chi connectivity index (χ1v) is 5.18. The molecule has 2 unspecified atom stereocenters. The summed E-state index contributed by atoms with van der Waals surface area (Å²) in [6, 6.07) is 3.87. The van der Waals surface area contributed by atoms with Gasteiger partial charge >= 0.3 is 0 Å². The van der Waals surface area contributed by atoms with Gasteiger partial charge in [0.2, 0.25) is 0 Å². The molecule has 1 saturated carbocycles. The molecule has 3 heteroatoms. The van der Waals surface area contributed by atoms with Gasteiger partial charge in [-0.05, 0) is 43.0 Å². The van der Waals surface area contributed by atoms with Gasteiger partial charge in [-0.15, -0.1) is 0 Å². The van der Waals surface area contributed by atoms with Crippen molar-refractivity contribution in [3.05, 3.63) is 35.4 Å². The van der Waals surface area contributed by atoms with E-state index < -0.39 is 11.6 Å². The lowest BCUT2D eigenvalue weighted by Gasteiger charge is -2.12. The summed E-state index contributed by atoms with van der Waals surface area (Å²) >= 11 is 0. The fourth-order valence-corrected chi connectivity index (χ4v) is 2.28. The second-order valence-electron chi connectivity index (χ2n) is 4.50. The summed E-state index contributed by atoms with van der Waals surface area (Å²) in [6.45, 7) is 2.92. The molecule has 1 aliphatic rings. The molecule has 0 heterocycles. The minimum atomic E-state index is -0.509. The summed E-state index contributed by atoms with van der Waals surface area (Å²) in [4.78, 5) is 0. The minimum Gasteiger partial charge on any atom is -0.319 e. The van der Waals surface area contributed by atoms with E-state index in [4.69, 9.17) is 0 Å². The van der Waals surface area contributed by atoms with Gasteiger partial charge in [0, 0.05) is 6.07 Å². The maximum atomic E-state index is 13.5. The minimum absolute atomic E-state index is 0.110. The first-order chi connectivity index (χ1) is 7.08. The molecule has 15 heavy (non-hydrogen) atoms. The molecule has 0 aliphatic heterocycles. The molecular weight excluding hydrogens is 196 g/mol. The standard InChI is InChI=1S/C12H15F2N/c1-12(6-8(12)7-15-2)10-4-3-9(13)5-11(10)14/h3-5,8,15H,6-7H2,1-2H3. The number of hydrogen-bond donors (Lipinski definition) is 1. The van der Waals surface area contributed by atoms with E-state index >= 15 is 0 Å². The molecular formula is C12H15F2N. The van der Waals surface area contributed by atoms with Crippen LogP contribution in [0.5, 0.6) is 0 Å². The predicted molar refractivity (Wildman–Crippen MR) is 55.7 cm³/mol. The van der Waals surface area contributed by atoms with Crippen molar-refractivity contribution in [2.45, 2.75) is 18.8 Å². The van der Waals surface area contributed by atoms with Crippen LogP contribution in [-0.2, 0) is 5.41 Å². The molecule has 0 amide bonds. The number of hydrogen-bond acceptors (Lipinski definition) is 1. The Kier molecular flexibility index (Phi) is 2.51. The topological polar surface area (TPSA) is 12.0 Å².